The number of hydrogen-bond donors (Lipinski definition) is 2. The third-order valence-corrected chi connectivity index (χ3v) is 2.35. The van der Waals surface area contributed by atoms with Crippen LogP contribution < -0.4 is 5.32 Å². The maximum Gasteiger partial charge on any atom is 0.416 e. The molecule has 0 saturated heterocycles. The van der Waals surface area contributed by atoms with Crippen molar-refractivity contribution in [2.75, 3.05) is 0 Å². The fourth-order valence-corrected chi connectivity index (χ4v) is 1.32. The second-order valence-electron chi connectivity index (χ2n) is 3.74. The topological polar surface area (TPSA) is 49.3 Å². The van der Waals surface area contributed by atoms with Crippen molar-refractivity contribution in [2.24, 2.45) is 0 Å². The van der Waals surface area contributed by atoms with Gasteiger partial charge in [-0.05, 0) is 24.6 Å². The van der Waals surface area contributed by atoms with Crippen LogP contribution in [0.15, 0.2) is 18.2 Å². The van der Waals surface area contributed by atoms with Crippen molar-refractivity contribution in [3.63, 3.8) is 0 Å². The summed E-state index contributed by atoms with van der Waals surface area (Å²) in [5.74, 6) is -2.16. The zero-order valence-electron chi connectivity index (χ0n) is 9.38. The number of nitrogens with one attached hydrogen (secondary N) is 1. The summed E-state index contributed by atoms with van der Waals surface area (Å²) in [6.45, 7) is 1.00. The first-order valence-electron chi connectivity index (χ1n) is 5.03. The largest absolute Gasteiger partial charge is 0.480 e. The quantitative estimate of drug-likeness (QED) is 0.822. The smallest absolute Gasteiger partial charge is 0.416 e. The van der Waals surface area contributed by atoms with Gasteiger partial charge in [0.15, 0.2) is 0 Å². The van der Waals surface area contributed by atoms with E-state index in [1.165, 1.54) is 6.92 Å². The molecule has 1 aromatic carbocycles. The monoisotopic (exact) mass is 265 g/mol. The minimum Gasteiger partial charge on any atom is -0.480 e. The lowest BCUT2D eigenvalue weighted by Crippen LogP contribution is -2.33. The summed E-state index contributed by atoms with van der Waals surface area (Å²) in [6.07, 6.45) is -4.68. The molecule has 0 aromatic heterocycles. The van der Waals surface area contributed by atoms with Crippen molar-refractivity contribution in [3.8, 4) is 0 Å². The van der Waals surface area contributed by atoms with Crippen LogP contribution in [-0.4, -0.2) is 17.1 Å². The van der Waals surface area contributed by atoms with Crippen LogP contribution in [0.4, 0.5) is 17.6 Å². The Bertz CT molecular complexity index is 445. The second kappa shape index (κ2) is 5.34. The Morgan fingerprint density at radius 3 is 2.56 bits per heavy atom. The van der Waals surface area contributed by atoms with E-state index in [1.54, 1.807) is 0 Å². The van der Waals surface area contributed by atoms with E-state index in [9.17, 15) is 22.4 Å². The summed E-state index contributed by atoms with van der Waals surface area (Å²) < 4.78 is 50.6. The Balaban J connectivity index is 2.92. The molecule has 0 aliphatic carbocycles. The summed E-state index contributed by atoms with van der Waals surface area (Å²) in [5, 5.41) is 11.0. The summed E-state index contributed by atoms with van der Waals surface area (Å²) in [4.78, 5) is 10.5. The number of alkyl halides is 3. The first-order chi connectivity index (χ1) is 8.21. The molecule has 0 spiro atoms. The van der Waals surface area contributed by atoms with Gasteiger partial charge in [-0.2, -0.15) is 13.2 Å². The van der Waals surface area contributed by atoms with E-state index in [-0.39, 0.29) is 12.1 Å². The van der Waals surface area contributed by atoms with Crippen molar-refractivity contribution in [2.45, 2.75) is 25.7 Å². The average Bonchev–Trinajstić information content (AvgIpc) is 2.25. The first kappa shape index (κ1) is 14.4. The molecule has 0 aliphatic heterocycles. The van der Waals surface area contributed by atoms with Gasteiger partial charge < -0.3 is 10.4 Å². The van der Waals surface area contributed by atoms with Crippen molar-refractivity contribution < 1.29 is 27.5 Å². The van der Waals surface area contributed by atoms with Gasteiger partial charge in [0.05, 0.1) is 5.56 Å². The van der Waals surface area contributed by atoms with Gasteiger partial charge in [0, 0.05) is 6.54 Å². The van der Waals surface area contributed by atoms with Crippen LogP contribution in [0, 0.1) is 5.82 Å². The Morgan fingerprint density at radius 1 is 1.44 bits per heavy atom. The minimum absolute atomic E-state index is 0.197. The normalized spacial score (nSPS) is 13.4. The first-order valence-corrected chi connectivity index (χ1v) is 5.03. The maximum atomic E-state index is 12.8. The van der Waals surface area contributed by atoms with Crippen LogP contribution in [0.1, 0.15) is 18.1 Å². The fourth-order valence-electron chi connectivity index (χ4n) is 1.32. The highest BCUT2D eigenvalue weighted by atomic mass is 19.4. The summed E-state index contributed by atoms with van der Waals surface area (Å²) in [7, 11) is 0. The highest BCUT2D eigenvalue weighted by Crippen LogP contribution is 2.32. The average molecular weight is 265 g/mol. The van der Waals surface area contributed by atoms with Crippen LogP contribution >= 0.6 is 0 Å². The van der Waals surface area contributed by atoms with Gasteiger partial charge in [0.25, 0.3) is 0 Å². The minimum atomic E-state index is -4.68. The molecule has 18 heavy (non-hydrogen) atoms. The van der Waals surface area contributed by atoms with Crippen LogP contribution in [0.3, 0.4) is 0 Å². The number of benzene rings is 1. The van der Waals surface area contributed by atoms with E-state index in [1.807, 2.05) is 0 Å². The third-order valence-electron chi connectivity index (χ3n) is 2.35. The van der Waals surface area contributed by atoms with Gasteiger partial charge in [0.2, 0.25) is 0 Å². The Labute approximate surface area is 100 Å². The lowest BCUT2D eigenvalue weighted by atomic mass is 10.1. The van der Waals surface area contributed by atoms with Gasteiger partial charge in [-0.25, -0.2) is 4.39 Å². The van der Waals surface area contributed by atoms with E-state index in [0.29, 0.717) is 6.07 Å². The predicted molar refractivity (Wildman–Crippen MR) is 55.3 cm³/mol. The van der Waals surface area contributed by atoms with Crippen LogP contribution in [0.2, 0.25) is 0 Å². The van der Waals surface area contributed by atoms with Crippen molar-refractivity contribution in [1.29, 1.82) is 0 Å². The molecule has 0 fully saturated rings. The molecule has 3 nitrogen and oxygen atoms in total. The van der Waals surface area contributed by atoms with Crippen LogP contribution in [0.25, 0.3) is 0 Å². The lowest BCUT2D eigenvalue weighted by molar-refractivity contribution is -0.139. The Morgan fingerprint density at radius 2 is 2.06 bits per heavy atom. The molecule has 7 heteroatoms. The molecular formula is C11H11F4NO2. The zero-order chi connectivity index (χ0) is 13.9. The Hall–Kier alpha value is -1.63. The summed E-state index contributed by atoms with van der Waals surface area (Å²) in [5.41, 5.74) is -1.30. The number of carboxylic acid groups (broad SMARTS) is 1. The fraction of sp³-hybridized carbons (Fsp3) is 0.364. The van der Waals surface area contributed by atoms with Crippen molar-refractivity contribution >= 4 is 5.97 Å². The zero-order valence-corrected chi connectivity index (χ0v) is 9.38. The maximum absolute atomic E-state index is 12.8. The highest BCUT2D eigenvalue weighted by molar-refractivity contribution is 5.72. The standard InChI is InChI=1S/C11H11F4NO2/c1-6(10(17)18)16-5-7-2-3-8(12)4-9(7)11(13,14)15/h2-4,6,16H,5H2,1H3,(H,17,18). The van der Waals surface area contributed by atoms with E-state index < -0.39 is 29.6 Å². The lowest BCUT2D eigenvalue weighted by Gasteiger charge is -2.15. The number of aliphatic carboxylic acids is 1. The Kier molecular flexibility index (Phi) is 4.28. The molecule has 0 saturated carbocycles. The van der Waals surface area contributed by atoms with Crippen molar-refractivity contribution in [3.05, 3.63) is 35.1 Å². The number of rotatable bonds is 4. The molecule has 0 aliphatic rings. The second-order valence-corrected chi connectivity index (χ2v) is 3.74. The van der Waals surface area contributed by atoms with Crippen LogP contribution in [-0.2, 0) is 17.5 Å². The van der Waals surface area contributed by atoms with Crippen molar-refractivity contribution in [1.82, 2.24) is 5.32 Å². The number of carbonyl (C=O) groups is 1. The number of hydrogen-bond acceptors (Lipinski definition) is 2. The molecule has 1 aromatic rings. The SMILES string of the molecule is CC(NCc1ccc(F)cc1C(F)(F)F)C(=O)O. The van der Waals surface area contributed by atoms with Gasteiger partial charge in [-0.1, -0.05) is 6.07 Å². The molecule has 0 heterocycles. The predicted octanol–water partition coefficient (Wildman–Crippen LogP) is 2.41. The molecule has 0 amide bonds. The molecule has 0 bridgehead atoms. The summed E-state index contributed by atoms with van der Waals surface area (Å²) in [6, 6.07) is 1.29. The van der Waals surface area contributed by atoms with E-state index >= 15 is 0 Å². The molecule has 1 atom stereocenters. The van der Waals surface area contributed by atoms with E-state index in [2.05, 4.69) is 5.32 Å². The number of halogens is 4. The summed E-state index contributed by atoms with van der Waals surface area (Å²) >= 11 is 0. The van der Waals surface area contributed by atoms with Gasteiger partial charge >= 0.3 is 12.1 Å². The highest BCUT2D eigenvalue weighted by Gasteiger charge is 2.33. The molecular weight excluding hydrogens is 254 g/mol. The van der Waals surface area contributed by atoms with Gasteiger partial charge in [-0.3, -0.25) is 4.79 Å². The van der Waals surface area contributed by atoms with E-state index in [4.69, 9.17) is 5.11 Å². The molecule has 100 valence electrons. The van der Waals surface area contributed by atoms with Gasteiger partial charge in [-0.15, -0.1) is 0 Å². The van der Waals surface area contributed by atoms with Crippen LogP contribution in [0.5, 0.6) is 0 Å². The third kappa shape index (κ3) is 3.69. The molecule has 0 radical (unpaired) electrons. The molecule has 2 N–H and O–H groups in total. The van der Waals surface area contributed by atoms with E-state index in [0.717, 1.165) is 12.1 Å². The molecule has 1 unspecified atom stereocenters. The van der Waals surface area contributed by atoms with Gasteiger partial charge in [0.1, 0.15) is 11.9 Å². The number of carboxylic acids is 1. The molecule has 1 rings (SSSR count).